The van der Waals surface area contributed by atoms with Crippen molar-refractivity contribution in [2.45, 2.75) is 38.8 Å². The summed E-state index contributed by atoms with van der Waals surface area (Å²) in [6.45, 7) is 5.93. The van der Waals surface area contributed by atoms with Crippen molar-refractivity contribution < 1.29 is 9.59 Å². The van der Waals surface area contributed by atoms with E-state index in [0.29, 0.717) is 6.54 Å². The van der Waals surface area contributed by atoms with Crippen LogP contribution in [0.3, 0.4) is 0 Å². The molecule has 1 saturated heterocycles. The molecule has 1 fully saturated rings. The van der Waals surface area contributed by atoms with Gasteiger partial charge in [-0.05, 0) is 25.0 Å². The molecular weight excluding hydrogens is 364 g/mol. The second-order valence-corrected chi connectivity index (χ2v) is 7.66. The second kappa shape index (κ2) is 8.90. The Bertz CT molecular complexity index is 827. The normalized spacial score (nSPS) is 17.0. The second-order valence-electron chi connectivity index (χ2n) is 7.66. The highest BCUT2D eigenvalue weighted by atomic mass is 16.2. The predicted octanol–water partition coefficient (Wildman–Crippen LogP) is 2.81. The molecule has 2 N–H and O–H groups in total. The van der Waals surface area contributed by atoms with Gasteiger partial charge in [0.15, 0.2) is 5.96 Å². The number of carbonyl (C=O) groups is 2. The maximum Gasteiger partial charge on any atom is 0.242 e. The minimum atomic E-state index is -0.316. The van der Waals surface area contributed by atoms with Gasteiger partial charge in [0.25, 0.3) is 0 Å². The van der Waals surface area contributed by atoms with Crippen molar-refractivity contribution in [3.63, 3.8) is 0 Å². The first-order valence-corrected chi connectivity index (χ1v) is 9.90. The summed E-state index contributed by atoms with van der Waals surface area (Å²) in [6.07, 6.45) is 0. The van der Waals surface area contributed by atoms with Gasteiger partial charge in [0.1, 0.15) is 6.54 Å². The molecule has 1 aliphatic heterocycles. The number of piperazine rings is 1. The summed E-state index contributed by atoms with van der Waals surface area (Å²) in [5.41, 5.74) is 2.23. The average Bonchev–Trinajstić information content (AvgIpc) is 2.70. The highest BCUT2D eigenvalue weighted by molar-refractivity contribution is 5.96. The molecule has 152 valence electrons. The SMILES string of the molecule is CC(=O)NC(=N)N1CC(=O)N(C(C)C)C[C@@H]1C(c1ccccc1)c1ccccc1. The third kappa shape index (κ3) is 4.65. The molecule has 0 unspecified atom stereocenters. The van der Waals surface area contributed by atoms with Crippen LogP contribution in [0, 0.1) is 5.41 Å². The van der Waals surface area contributed by atoms with Crippen LogP contribution < -0.4 is 5.32 Å². The van der Waals surface area contributed by atoms with Crippen LogP contribution in [0.5, 0.6) is 0 Å². The van der Waals surface area contributed by atoms with E-state index in [4.69, 9.17) is 5.41 Å². The van der Waals surface area contributed by atoms with Crippen molar-refractivity contribution in [2.75, 3.05) is 13.1 Å². The Hall–Kier alpha value is -3.15. The summed E-state index contributed by atoms with van der Waals surface area (Å²) in [6, 6.07) is 20.2. The predicted molar refractivity (Wildman–Crippen MR) is 114 cm³/mol. The lowest BCUT2D eigenvalue weighted by Gasteiger charge is -2.46. The first kappa shape index (κ1) is 20.6. The maximum absolute atomic E-state index is 12.8. The topological polar surface area (TPSA) is 76.5 Å². The Kier molecular flexibility index (Phi) is 6.32. The fourth-order valence-electron chi connectivity index (χ4n) is 3.98. The van der Waals surface area contributed by atoms with Crippen LogP contribution in [-0.4, -0.2) is 52.7 Å². The number of guanidine groups is 1. The molecule has 3 rings (SSSR count). The monoisotopic (exact) mass is 392 g/mol. The largest absolute Gasteiger partial charge is 0.337 e. The standard InChI is InChI=1S/C23H28N4O2/c1-16(2)26-14-20(27(15-21(26)29)23(24)25-17(3)28)22(18-10-6-4-7-11-18)19-12-8-5-9-13-19/h4-13,16,20,22H,14-15H2,1-3H3,(H2,24,25,28)/t20-/m1/s1. The number of carbonyl (C=O) groups excluding carboxylic acids is 2. The zero-order valence-electron chi connectivity index (χ0n) is 17.1. The van der Waals surface area contributed by atoms with Crippen molar-refractivity contribution >= 4 is 17.8 Å². The summed E-state index contributed by atoms with van der Waals surface area (Å²) in [5.74, 6) is -0.438. The minimum absolute atomic E-state index is 0.0314. The number of benzene rings is 2. The maximum atomic E-state index is 12.8. The number of amides is 2. The van der Waals surface area contributed by atoms with Crippen LogP contribution >= 0.6 is 0 Å². The van der Waals surface area contributed by atoms with Crippen LogP contribution in [0.25, 0.3) is 0 Å². The number of rotatable bonds is 4. The zero-order valence-corrected chi connectivity index (χ0v) is 17.1. The van der Waals surface area contributed by atoms with E-state index in [1.165, 1.54) is 6.92 Å². The number of hydrogen-bond donors (Lipinski definition) is 2. The average molecular weight is 393 g/mol. The number of nitrogens with one attached hydrogen (secondary N) is 2. The fourth-order valence-corrected chi connectivity index (χ4v) is 3.98. The Morgan fingerprint density at radius 2 is 1.55 bits per heavy atom. The number of nitrogens with zero attached hydrogens (tertiary/aromatic N) is 2. The van der Waals surface area contributed by atoms with E-state index >= 15 is 0 Å². The smallest absolute Gasteiger partial charge is 0.242 e. The molecule has 0 radical (unpaired) electrons. The molecule has 0 aliphatic carbocycles. The minimum Gasteiger partial charge on any atom is -0.337 e. The first-order chi connectivity index (χ1) is 13.9. The quantitative estimate of drug-likeness (QED) is 0.621. The van der Waals surface area contributed by atoms with E-state index in [9.17, 15) is 9.59 Å². The van der Waals surface area contributed by atoms with Crippen molar-refractivity contribution in [1.82, 2.24) is 15.1 Å². The number of hydrogen-bond acceptors (Lipinski definition) is 3. The fraction of sp³-hybridized carbons (Fsp3) is 0.348. The van der Waals surface area contributed by atoms with Gasteiger partial charge >= 0.3 is 0 Å². The van der Waals surface area contributed by atoms with Gasteiger partial charge in [-0.2, -0.15) is 0 Å². The third-order valence-electron chi connectivity index (χ3n) is 5.32. The van der Waals surface area contributed by atoms with Gasteiger partial charge in [-0.3, -0.25) is 20.3 Å². The van der Waals surface area contributed by atoms with E-state index < -0.39 is 0 Å². The summed E-state index contributed by atoms with van der Waals surface area (Å²) < 4.78 is 0. The highest BCUT2D eigenvalue weighted by Crippen LogP contribution is 2.33. The Morgan fingerprint density at radius 1 is 1.03 bits per heavy atom. The highest BCUT2D eigenvalue weighted by Gasteiger charge is 2.40. The molecule has 0 aromatic heterocycles. The van der Waals surface area contributed by atoms with Crippen molar-refractivity contribution in [3.8, 4) is 0 Å². The zero-order chi connectivity index (χ0) is 21.0. The van der Waals surface area contributed by atoms with E-state index in [1.54, 1.807) is 4.90 Å². The molecule has 1 atom stereocenters. The summed E-state index contributed by atoms with van der Waals surface area (Å²) in [4.78, 5) is 27.9. The molecule has 0 spiro atoms. The molecule has 6 nitrogen and oxygen atoms in total. The third-order valence-corrected chi connectivity index (χ3v) is 5.32. The molecular formula is C23H28N4O2. The molecule has 2 aromatic rings. The van der Waals surface area contributed by atoms with Crippen LogP contribution in [-0.2, 0) is 9.59 Å². The van der Waals surface area contributed by atoms with Gasteiger partial charge in [0, 0.05) is 25.4 Å². The van der Waals surface area contributed by atoms with Crippen LogP contribution in [0.4, 0.5) is 0 Å². The molecule has 0 saturated carbocycles. The van der Waals surface area contributed by atoms with E-state index in [2.05, 4.69) is 29.6 Å². The molecule has 6 heteroatoms. The van der Waals surface area contributed by atoms with Crippen molar-refractivity contribution in [3.05, 3.63) is 71.8 Å². The van der Waals surface area contributed by atoms with Crippen LogP contribution in [0.15, 0.2) is 60.7 Å². The Balaban J connectivity index is 2.08. The molecule has 1 heterocycles. The molecule has 1 aliphatic rings. The Labute approximate surface area is 172 Å². The summed E-state index contributed by atoms with van der Waals surface area (Å²) in [5, 5.41) is 11.0. The van der Waals surface area contributed by atoms with Gasteiger partial charge in [-0.25, -0.2) is 0 Å². The van der Waals surface area contributed by atoms with Gasteiger partial charge < -0.3 is 9.80 Å². The van der Waals surface area contributed by atoms with Crippen LogP contribution in [0.2, 0.25) is 0 Å². The van der Waals surface area contributed by atoms with E-state index in [0.717, 1.165) is 11.1 Å². The molecule has 2 amide bonds. The van der Waals surface area contributed by atoms with Crippen LogP contribution in [0.1, 0.15) is 37.8 Å². The molecule has 0 bridgehead atoms. The summed E-state index contributed by atoms with van der Waals surface area (Å²) >= 11 is 0. The van der Waals surface area contributed by atoms with Gasteiger partial charge in [0.2, 0.25) is 11.8 Å². The summed E-state index contributed by atoms with van der Waals surface area (Å²) in [7, 11) is 0. The van der Waals surface area contributed by atoms with Gasteiger partial charge in [-0.1, -0.05) is 60.7 Å². The first-order valence-electron chi connectivity index (χ1n) is 9.90. The van der Waals surface area contributed by atoms with Crippen molar-refractivity contribution in [2.24, 2.45) is 0 Å². The van der Waals surface area contributed by atoms with Gasteiger partial charge in [-0.15, -0.1) is 0 Å². The Morgan fingerprint density at radius 3 is 2.00 bits per heavy atom. The van der Waals surface area contributed by atoms with E-state index in [1.807, 2.05) is 55.1 Å². The van der Waals surface area contributed by atoms with Gasteiger partial charge in [0.05, 0.1) is 6.04 Å². The molecule has 2 aromatic carbocycles. The lowest BCUT2D eigenvalue weighted by atomic mass is 9.83. The lowest BCUT2D eigenvalue weighted by Crippen LogP contribution is -2.63. The molecule has 29 heavy (non-hydrogen) atoms. The van der Waals surface area contributed by atoms with Crippen molar-refractivity contribution in [1.29, 1.82) is 5.41 Å². The van der Waals surface area contributed by atoms with E-state index in [-0.39, 0.29) is 42.3 Å². The lowest BCUT2D eigenvalue weighted by molar-refractivity contribution is -0.138.